The first kappa shape index (κ1) is 14.0. The van der Waals surface area contributed by atoms with Gasteiger partial charge in [0.25, 0.3) is 0 Å². The van der Waals surface area contributed by atoms with E-state index in [0.717, 1.165) is 17.9 Å². The van der Waals surface area contributed by atoms with Crippen LogP contribution < -0.4 is 9.05 Å². The molecule has 0 aliphatic carbocycles. The maximum atomic E-state index is 5.52. The Hall–Kier alpha value is -1.43. The first-order chi connectivity index (χ1) is 9.38. The normalized spacial score (nSPS) is 11.2. The molecular formula is C14H15NO2P2. The molecule has 0 saturated carbocycles. The molecule has 1 atom stereocenters. The van der Waals surface area contributed by atoms with Gasteiger partial charge in [-0.2, -0.15) is 4.52 Å². The van der Waals surface area contributed by atoms with E-state index in [1.54, 1.807) is 0 Å². The second-order valence-corrected chi connectivity index (χ2v) is 5.31. The quantitative estimate of drug-likeness (QED) is 0.680. The SMILES string of the molecule is CCc1cccc(OP=NPOc2ccccc2)c1. The summed E-state index contributed by atoms with van der Waals surface area (Å²) >= 11 is 0. The predicted molar refractivity (Wildman–Crippen MR) is 81.2 cm³/mol. The van der Waals surface area contributed by atoms with Gasteiger partial charge in [-0.1, -0.05) is 37.3 Å². The third kappa shape index (κ3) is 4.98. The Kier molecular flexibility index (Phi) is 5.81. The van der Waals surface area contributed by atoms with Gasteiger partial charge < -0.3 is 9.05 Å². The Morgan fingerprint density at radius 1 is 1.05 bits per heavy atom. The molecule has 0 aromatic heterocycles. The van der Waals surface area contributed by atoms with E-state index in [0.29, 0.717) is 8.60 Å². The number of aryl methyl sites for hydroxylation is 1. The fraction of sp³-hybridized carbons (Fsp3) is 0.143. The van der Waals surface area contributed by atoms with Crippen LogP contribution in [0, 0.1) is 0 Å². The number of para-hydroxylation sites is 1. The van der Waals surface area contributed by atoms with E-state index in [9.17, 15) is 0 Å². The summed E-state index contributed by atoms with van der Waals surface area (Å²) in [4.78, 5) is 0. The molecule has 0 aliphatic heterocycles. The third-order valence-electron chi connectivity index (χ3n) is 2.44. The fourth-order valence-corrected chi connectivity index (χ4v) is 2.38. The van der Waals surface area contributed by atoms with Crippen molar-refractivity contribution < 1.29 is 9.05 Å². The van der Waals surface area contributed by atoms with Gasteiger partial charge in [-0.25, -0.2) is 0 Å². The highest BCUT2D eigenvalue weighted by Crippen LogP contribution is 2.26. The lowest BCUT2D eigenvalue weighted by atomic mass is 10.2. The standard InChI is InChI=1S/C14H15NO2P2/c1-2-12-7-6-10-14(11-12)17-19-15-18-16-13-8-4-3-5-9-13/h3-11,18H,2H2,1H3. The Morgan fingerprint density at radius 2 is 1.84 bits per heavy atom. The summed E-state index contributed by atoms with van der Waals surface area (Å²) in [7, 11) is 0.611. The molecule has 0 heterocycles. The highest BCUT2D eigenvalue weighted by molar-refractivity contribution is 7.39. The molecule has 19 heavy (non-hydrogen) atoms. The fourth-order valence-electron chi connectivity index (χ4n) is 1.47. The van der Waals surface area contributed by atoms with Crippen molar-refractivity contribution in [1.82, 2.24) is 0 Å². The molecule has 0 amide bonds. The smallest absolute Gasteiger partial charge is 0.249 e. The lowest BCUT2D eigenvalue weighted by Gasteiger charge is -2.01. The van der Waals surface area contributed by atoms with Crippen LogP contribution in [-0.2, 0) is 6.42 Å². The van der Waals surface area contributed by atoms with Crippen LogP contribution in [0.2, 0.25) is 0 Å². The summed E-state index contributed by atoms with van der Waals surface area (Å²) in [5.74, 6) is 1.67. The van der Waals surface area contributed by atoms with Crippen molar-refractivity contribution in [3.8, 4) is 11.5 Å². The van der Waals surface area contributed by atoms with Crippen LogP contribution >= 0.6 is 17.6 Å². The summed E-state index contributed by atoms with van der Waals surface area (Å²) < 4.78 is 15.2. The Morgan fingerprint density at radius 3 is 2.63 bits per heavy atom. The maximum absolute atomic E-state index is 5.52. The molecule has 3 nitrogen and oxygen atoms in total. The molecule has 0 N–H and O–H groups in total. The largest absolute Gasteiger partial charge is 0.454 e. The first-order valence-corrected chi connectivity index (χ1v) is 7.63. The minimum absolute atomic E-state index is 0.0465. The Labute approximate surface area is 116 Å². The summed E-state index contributed by atoms with van der Waals surface area (Å²) in [5.41, 5.74) is 1.26. The molecule has 0 aliphatic rings. The van der Waals surface area contributed by atoms with Gasteiger partial charge in [-0.15, -0.1) is 0 Å². The van der Waals surface area contributed by atoms with Crippen LogP contribution in [0.3, 0.4) is 0 Å². The first-order valence-electron chi connectivity index (χ1n) is 6.01. The summed E-state index contributed by atoms with van der Waals surface area (Å²) in [6, 6.07) is 17.7. The van der Waals surface area contributed by atoms with E-state index in [4.69, 9.17) is 9.05 Å². The molecule has 0 fully saturated rings. The van der Waals surface area contributed by atoms with E-state index in [1.165, 1.54) is 5.56 Å². The van der Waals surface area contributed by atoms with Gasteiger partial charge in [-0.05, 0) is 36.2 Å². The van der Waals surface area contributed by atoms with Gasteiger partial charge in [0.2, 0.25) is 17.6 Å². The van der Waals surface area contributed by atoms with E-state index >= 15 is 0 Å². The molecule has 5 heteroatoms. The monoisotopic (exact) mass is 291 g/mol. The van der Waals surface area contributed by atoms with E-state index in [-0.39, 0.29) is 8.96 Å². The zero-order valence-corrected chi connectivity index (χ0v) is 12.5. The minimum Gasteiger partial charge on any atom is -0.454 e. The van der Waals surface area contributed by atoms with E-state index < -0.39 is 0 Å². The van der Waals surface area contributed by atoms with Gasteiger partial charge in [0.05, 0.1) is 0 Å². The zero-order valence-electron chi connectivity index (χ0n) is 10.6. The number of benzene rings is 2. The summed E-state index contributed by atoms with van der Waals surface area (Å²) in [6.45, 7) is 2.12. The molecule has 1 unspecified atom stereocenters. The van der Waals surface area contributed by atoms with Crippen LogP contribution in [0.5, 0.6) is 11.5 Å². The average molecular weight is 291 g/mol. The molecule has 2 aromatic carbocycles. The van der Waals surface area contributed by atoms with Crippen molar-refractivity contribution in [2.24, 2.45) is 4.52 Å². The molecule has 0 bridgehead atoms. The van der Waals surface area contributed by atoms with Gasteiger partial charge in [-0.3, -0.25) is 0 Å². The molecule has 98 valence electrons. The predicted octanol–water partition coefficient (Wildman–Crippen LogP) is 5.26. The molecule has 0 radical (unpaired) electrons. The van der Waals surface area contributed by atoms with Crippen molar-refractivity contribution in [1.29, 1.82) is 0 Å². The van der Waals surface area contributed by atoms with E-state index in [2.05, 4.69) is 17.5 Å². The molecule has 0 saturated heterocycles. The van der Waals surface area contributed by atoms with Crippen molar-refractivity contribution in [3.63, 3.8) is 0 Å². The second kappa shape index (κ2) is 7.89. The third-order valence-corrected chi connectivity index (χ3v) is 3.71. The second-order valence-electron chi connectivity index (χ2n) is 3.78. The number of hydrogen-bond donors (Lipinski definition) is 0. The average Bonchev–Trinajstić information content (AvgIpc) is 2.48. The summed E-state index contributed by atoms with van der Waals surface area (Å²) in [5, 5.41) is 0. The molecule has 2 aromatic rings. The summed E-state index contributed by atoms with van der Waals surface area (Å²) in [6.07, 6.45) is 1.00. The maximum Gasteiger partial charge on any atom is 0.249 e. The van der Waals surface area contributed by atoms with Gasteiger partial charge >= 0.3 is 0 Å². The molecule has 0 spiro atoms. The van der Waals surface area contributed by atoms with Crippen molar-refractivity contribution in [3.05, 3.63) is 60.2 Å². The molecular weight excluding hydrogens is 276 g/mol. The van der Waals surface area contributed by atoms with Crippen LogP contribution in [0.15, 0.2) is 59.1 Å². The Balaban J connectivity index is 1.77. The van der Waals surface area contributed by atoms with Crippen LogP contribution in [0.25, 0.3) is 0 Å². The van der Waals surface area contributed by atoms with Crippen LogP contribution in [0.1, 0.15) is 12.5 Å². The van der Waals surface area contributed by atoms with Gasteiger partial charge in [0, 0.05) is 0 Å². The van der Waals surface area contributed by atoms with Crippen molar-refractivity contribution >= 4 is 17.6 Å². The topological polar surface area (TPSA) is 30.8 Å². The number of rotatable bonds is 6. The van der Waals surface area contributed by atoms with Crippen molar-refractivity contribution in [2.75, 3.05) is 0 Å². The van der Waals surface area contributed by atoms with E-state index in [1.807, 2.05) is 48.5 Å². The highest BCUT2D eigenvalue weighted by Gasteiger charge is 1.94. The van der Waals surface area contributed by atoms with Gasteiger partial charge in [0.15, 0.2) is 0 Å². The molecule has 2 rings (SSSR count). The Bertz CT molecular complexity index is 532. The van der Waals surface area contributed by atoms with Crippen molar-refractivity contribution in [2.45, 2.75) is 13.3 Å². The highest BCUT2D eigenvalue weighted by atomic mass is 31.1. The van der Waals surface area contributed by atoms with Crippen LogP contribution in [-0.4, -0.2) is 0 Å². The van der Waals surface area contributed by atoms with Gasteiger partial charge in [0.1, 0.15) is 11.5 Å². The minimum atomic E-state index is 0.0465. The lowest BCUT2D eigenvalue weighted by Crippen LogP contribution is -1.80. The number of hydrogen-bond acceptors (Lipinski definition) is 3. The zero-order chi connectivity index (χ0) is 13.3. The van der Waals surface area contributed by atoms with Crippen LogP contribution in [0.4, 0.5) is 0 Å². The lowest BCUT2D eigenvalue weighted by molar-refractivity contribution is 0.626. The number of nitrogens with zero attached hydrogens (tertiary/aromatic N) is 1.